The zero-order valence-electron chi connectivity index (χ0n) is 12.2. The van der Waals surface area contributed by atoms with E-state index in [0.717, 1.165) is 0 Å². The number of carbonyl (C=O) groups is 1. The average molecular weight is 288 g/mol. The lowest BCUT2D eigenvalue weighted by Gasteiger charge is -2.24. The third-order valence-electron chi connectivity index (χ3n) is 3.54. The Kier molecular flexibility index (Phi) is 3.88. The average Bonchev–Trinajstić information content (AvgIpc) is 2.94. The summed E-state index contributed by atoms with van der Waals surface area (Å²) in [7, 11) is 0. The molecule has 0 atom stereocenters. The van der Waals surface area contributed by atoms with Crippen molar-refractivity contribution in [1.29, 1.82) is 0 Å². The third-order valence-corrected chi connectivity index (χ3v) is 3.54. The predicted molar refractivity (Wildman–Crippen MR) is 79.0 cm³/mol. The molecule has 1 aromatic heterocycles. The Labute approximate surface area is 122 Å². The van der Waals surface area contributed by atoms with Crippen LogP contribution in [0.2, 0.25) is 0 Å². The van der Waals surface area contributed by atoms with Crippen LogP contribution in [0.3, 0.4) is 0 Å². The normalized spacial score (nSPS) is 11.2. The third kappa shape index (κ3) is 2.99. The van der Waals surface area contributed by atoms with E-state index in [1.54, 1.807) is 26.8 Å². The summed E-state index contributed by atoms with van der Waals surface area (Å²) in [6, 6.07) is 4.36. The number of anilines is 1. The molecule has 0 aliphatic heterocycles. The van der Waals surface area contributed by atoms with Gasteiger partial charge in [-0.05, 0) is 39.0 Å². The second-order valence-electron chi connectivity index (χ2n) is 5.39. The van der Waals surface area contributed by atoms with E-state index in [4.69, 9.17) is 0 Å². The summed E-state index contributed by atoms with van der Waals surface area (Å²) in [5.41, 5.74) is 0.654. The van der Waals surface area contributed by atoms with Crippen LogP contribution < -0.4 is 5.32 Å². The van der Waals surface area contributed by atoms with E-state index in [1.807, 2.05) is 0 Å². The number of nitrogens with zero attached hydrogens (tertiary/aromatic N) is 2. The molecule has 110 valence electrons. The first-order chi connectivity index (χ1) is 9.82. The maximum absolute atomic E-state index is 13.9. The van der Waals surface area contributed by atoms with Crippen LogP contribution in [0.4, 0.5) is 10.1 Å². The number of halogens is 1. The molecule has 1 aromatic carbocycles. The van der Waals surface area contributed by atoms with E-state index in [-0.39, 0.29) is 11.6 Å². The molecule has 1 amide bonds. The Morgan fingerprint density at radius 3 is 2.71 bits per heavy atom. The number of aromatic nitrogens is 3. The Morgan fingerprint density at radius 1 is 1.43 bits per heavy atom. The van der Waals surface area contributed by atoms with Crippen molar-refractivity contribution in [1.82, 2.24) is 15.2 Å². The number of hydrogen-bond donors (Lipinski definition) is 2. The van der Waals surface area contributed by atoms with Gasteiger partial charge in [0.25, 0.3) is 0 Å². The van der Waals surface area contributed by atoms with Crippen LogP contribution in [0, 0.1) is 11.2 Å². The molecule has 0 bridgehead atoms. The van der Waals surface area contributed by atoms with E-state index in [9.17, 15) is 9.18 Å². The molecule has 0 saturated carbocycles. The van der Waals surface area contributed by atoms with Crippen LogP contribution in [0.15, 0.2) is 36.7 Å². The van der Waals surface area contributed by atoms with E-state index in [1.165, 1.54) is 18.5 Å². The smallest absolute Gasteiger partial charge is 0.234 e. The first-order valence-electron chi connectivity index (χ1n) is 6.45. The highest BCUT2D eigenvalue weighted by Gasteiger charge is 2.29. The van der Waals surface area contributed by atoms with Gasteiger partial charge in [0, 0.05) is 5.56 Å². The molecule has 1 heterocycles. The minimum absolute atomic E-state index is 0.100. The number of aromatic amines is 1. The Morgan fingerprint density at radius 2 is 2.14 bits per heavy atom. The van der Waals surface area contributed by atoms with Crippen LogP contribution in [-0.4, -0.2) is 21.1 Å². The van der Waals surface area contributed by atoms with Gasteiger partial charge in [-0.3, -0.25) is 9.89 Å². The molecule has 0 fully saturated rings. The number of hydrogen-bond acceptors (Lipinski definition) is 3. The highest BCUT2D eigenvalue weighted by Crippen LogP contribution is 2.28. The summed E-state index contributed by atoms with van der Waals surface area (Å²) < 4.78 is 13.9. The van der Waals surface area contributed by atoms with Gasteiger partial charge in [-0.1, -0.05) is 12.2 Å². The van der Waals surface area contributed by atoms with Crippen molar-refractivity contribution < 1.29 is 9.18 Å². The van der Waals surface area contributed by atoms with Crippen LogP contribution in [0.5, 0.6) is 0 Å². The van der Waals surface area contributed by atoms with E-state index < -0.39 is 11.2 Å². The highest BCUT2D eigenvalue weighted by molar-refractivity contribution is 5.97. The molecule has 2 rings (SSSR count). The van der Waals surface area contributed by atoms with Crippen molar-refractivity contribution in [3.8, 4) is 11.4 Å². The lowest BCUT2D eigenvalue weighted by molar-refractivity contribution is -0.122. The zero-order chi connectivity index (χ0) is 15.6. The van der Waals surface area contributed by atoms with Gasteiger partial charge < -0.3 is 5.32 Å². The maximum Gasteiger partial charge on any atom is 0.234 e. The van der Waals surface area contributed by atoms with Gasteiger partial charge in [0.2, 0.25) is 5.91 Å². The predicted octanol–water partition coefficient (Wildman–Crippen LogP) is 3.15. The van der Waals surface area contributed by atoms with Crippen molar-refractivity contribution >= 4 is 11.6 Å². The molecule has 0 aliphatic rings. The van der Waals surface area contributed by atoms with E-state index in [2.05, 4.69) is 27.1 Å². The van der Waals surface area contributed by atoms with Gasteiger partial charge in [0.05, 0.1) is 11.1 Å². The lowest BCUT2D eigenvalue weighted by atomic mass is 9.85. The van der Waals surface area contributed by atoms with Crippen LogP contribution >= 0.6 is 0 Å². The van der Waals surface area contributed by atoms with Crippen LogP contribution in [0.25, 0.3) is 11.4 Å². The van der Waals surface area contributed by atoms with E-state index in [0.29, 0.717) is 17.0 Å². The molecule has 21 heavy (non-hydrogen) atoms. The summed E-state index contributed by atoms with van der Waals surface area (Å²) >= 11 is 0. The number of benzene rings is 1. The van der Waals surface area contributed by atoms with Crippen molar-refractivity contribution in [3.63, 3.8) is 0 Å². The fraction of sp³-hybridized carbons (Fsp3) is 0.267. The maximum atomic E-state index is 13.9. The van der Waals surface area contributed by atoms with Gasteiger partial charge in [0.1, 0.15) is 12.1 Å². The lowest BCUT2D eigenvalue weighted by Crippen LogP contribution is -2.31. The first kappa shape index (κ1) is 14.9. The van der Waals surface area contributed by atoms with Crippen molar-refractivity contribution in [2.75, 3.05) is 5.32 Å². The largest absolute Gasteiger partial charge is 0.323 e. The fourth-order valence-electron chi connectivity index (χ4n) is 1.59. The Bertz CT molecular complexity index is 677. The number of nitrogens with one attached hydrogen (secondary N) is 2. The van der Waals surface area contributed by atoms with Crippen LogP contribution in [-0.2, 0) is 4.79 Å². The minimum Gasteiger partial charge on any atom is -0.323 e. The molecule has 5 nitrogen and oxygen atoms in total. The second kappa shape index (κ2) is 5.47. The van der Waals surface area contributed by atoms with E-state index >= 15 is 0 Å². The summed E-state index contributed by atoms with van der Waals surface area (Å²) in [5, 5.41) is 9.03. The van der Waals surface area contributed by atoms with Gasteiger partial charge in [-0.25, -0.2) is 9.37 Å². The molecule has 0 radical (unpaired) electrons. The molecule has 0 saturated heterocycles. The minimum atomic E-state index is -0.783. The van der Waals surface area contributed by atoms with Gasteiger partial charge in [-0.15, -0.1) is 0 Å². The molecule has 0 spiro atoms. The molecule has 6 heteroatoms. The summed E-state index contributed by atoms with van der Waals surface area (Å²) in [6.45, 7) is 9.03. The van der Waals surface area contributed by atoms with Crippen LogP contribution in [0.1, 0.15) is 20.8 Å². The number of rotatable bonds is 4. The van der Waals surface area contributed by atoms with Gasteiger partial charge >= 0.3 is 0 Å². The van der Waals surface area contributed by atoms with Crippen molar-refractivity contribution in [2.45, 2.75) is 20.8 Å². The molecule has 0 unspecified atom stereocenters. The zero-order valence-corrected chi connectivity index (χ0v) is 12.2. The first-order valence-corrected chi connectivity index (χ1v) is 6.45. The fourth-order valence-corrected chi connectivity index (χ4v) is 1.59. The summed E-state index contributed by atoms with van der Waals surface area (Å²) in [4.78, 5) is 16.2. The number of carbonyl (C=O) groups excluding carboxylic acids is 1. The SMILES string of the molecule is C=C(C)C(C)(C)C(=O)Nc1cc(-c2ncn[nH]2)ccc1F. The summed E-state index contributed by atoms with van der Waals surface area (Å²) in [5.74, 6) is -0.322. The Hall–Kier alpha value is -2.50. The number of amides is 1. The van der Waals surface area contributed by atoms with Gasteiger partial charge in [0.15, 0.2) is 5.82 Å². The monoisotopic (exact) mass is 288 g/mol. The second-order valence-corrected chi connectivity index (χ2v) is 5.39. The molecular weight excluding hydrogens is 271 g/mol. The van der Waals surface area contributed by atoms with Crippen molar-refractivity contribution in [2.24, 2.45) is 5.41 Å². The molecule has 0 aliphatic carbocycles. The highest BCUT2D eigenvalue weighted by atomic mass is 19.1. The standard InChI is InChI=1S/C15H17FN4O/c1-9(2)15(3,4)14(21)19-12-7-10(5-6-11(12)16)13-17-8-18-20-13/h5-8H,1H2,2-4H3,(H,19,21)(H,17,18,20). The molecular formula is C15H17FN4O. The molecule has 2 N–H and O–H groups in total. The quantitative estimate of drug-likeness (QED) is 0.849. The van der Waals surface area contributed by atoms with Crippen molar-refractivity contribution in [3.05, 3.63) is 42.5 Å². The summed E-state index contributed by atoms with van der Waals surface area (Å²) in [6.07, 6.45) is 1.36. The topological polar surface area (TPSA) is 70.7 Å². The van der Waals surface area contributed by atoms with Gasteiger partial charge in [-0.2, -0.15) is 5.10 Å². The number of H-pyrrole nitrogens is 1. The molecule has 2 aromatic rings. The Balaban J connectivity index is 2.30.